The minimum atomic E-state index is -1.17. The maximum atomic E-state index is 12.0. The number of carbonyl (C=O) groups is 2. The number of nitrogens with zero attached hydrogens (tertiary/aromatic N) is 1. The first-order valence-corrected chi connectivity index (χ1v) is 6.94. The molecule has 22 heavy (non-hydrogen) atoms. The molecule has 1 fully saturated rings. The van der Waals surface area contributed by atoms with Gasteiger partial charge in [-0.15, -0.1) is 0 Å². The SMILES string of the molecule is O=C(O)C#CCC1CN(C(=O)OCc2ccccc2)CCO1. The van der Waals surface area contributed by atoms with Crippen molar-refractivity contribution in [1.82, 2.24) is 4.90 Å². The minimum Gasteiger partial charge on any atom is -0.472 e. The smallest absolute Gasteiger partial charge is 0.410 e. The van der Waals surface area contributed by atoms with Gasteiger partial charge < -0.3 is 19.5 Å². The lowest BCUT2D eigenvalue weighted by atomic mass is 10.2. The fraction of sp³-hybridized carbons (Fsp3) is 0.375. The molecule has 1 unspecified atom stereocenters. The van der Waals surface area contributed by atoms with Crippen molar-refractivity contribution in [3.05, 3.63) is 35.9 Å². The van der Waals surface area contributed by atoms with E-state index >= 15 is 0 Å². The summed E-state index contributed by atoms with van der Waals surface area (Å²) >= 11 is 0. The highest BCUT2D eigenvalue weighted by Gasteiger charge is 2.24. The van der Waals surface area contributed by atoms with E-state index in [0.717, 1.165) is 5.56 Å². The van der Waals surface area contributed by atoms with E-state index in [1.807, 2.05) is 36.3 Å². The van der Waals surface area contributed by atoms with E-state index in [1.54, 1.807) is 4.90 Å². The van der Waals surface area contributed by atoms with E-state index in [9.17, 15) is 9.59 Å². The lowest BCUT2D eigenvalue weighted by molar-refractivity contribution is -0.130. The first-order valence-electron chi connectivity index (χ1n) is 6.94. The molecule has 1 atom stereocenters. The van der Waals surface area contributed by atoms with Gasteiger partial charge in [-0.3, -0.25) is 0 Å². The zero-order valence-corrected chi connectivity index (χ0v) is 12.0. The molecule has 0 saturated carbocycles. The molecule has 6 nitrogen and oxygen atoms in total. The Bertz CT molecular complexity index is 575. The van der Waals surface area contributed by atoms with Crippen molar-refractivity contribution in [1.29, 1.82) is 0 Å². The lowest BCUT2D eigenvalue weighted by Crippen LogP contribution is -2.45. The summed E-state index contributed by atoms with van der Waals surface area (Å²) in [6.45, 7) is 1.42. The monoisotopic (exact) mass is 303 g/mol. The van der Waals surface area contributed by atoms with Crippen LogP contribution >= 0.6 is 0 Å². The molecular weight excluding hydrogens is 286 g/mol. The maximum Gasteiger partial charge on any atom is 0.410 e. The number of hydrogen-bond acceptors (Lipinski definition) is 4. The van der Waals surface area contributed by atoms with Crippen LogP contribution in [0.3, 0.4) is 0 Å². The molecule has 0 aliphatic carbocycles. The van der Waals surface area contributed by atoms with Crippen LogP contribution in [0.2, 0.25) is 0 Å². The van der Waals surface area contributed by atoms with Crippen molar-refractivity contribution in [3.63, 3.8) is 0 Å². The van der Waals surface area contributed by atoms with Crippen molar-refractivity contribution in [2.75, 3.05) is 19.7 Å². The molecule has 1 aromatic rings. The van der Waals surface area contributed by atoms with E-state index in [0.29, 0.717) is 19.7 Å². The summed E-state index contributed by atoms with van der Waals surface area (Å²) in [5.41, 5.74) is 0.924. The van der Waals surface area contributed by atoms with Crippen LogP contribution in [0, 0.1) is 11.8 Å². The summed E-state index contributed by atoms with van der Waals surface area (Å²) in [6, 6.07) is 9.44. The highest BCUT2D eigenvalue weighted by molar-refractivity contribution is 5.86. The van der Waals surface area contributed by atoms with Crippen LogP contribution in [0.25, 0.3) is 0 Å². The molecule has 116 valence electrons. The fourth-order valence-corrected chi connectivity index (χ4v) is 2.06. The number of ether oxygens (including phenoxy) is 2. The standard InChI is InChI=1S/C16H17NO5/c18-15(19)8-4-7-14-11-17(9-10-21-14)16(20)22-12-13-5-2-1-3-6-13/h1-3,5-6,14H,7,9-12H2,(H,18,19). The average molecular weight is 303 g/mol. The van der Waals surface area contributed by atoms with Gasteiger partial charge in [-0.1, -0.05) is 36.3 Å². The number of rotatable bonds is 3. The number of carbonyl (C=O) groups excluding carboxylic acids is 1. The molecule has 1 saturated heterocycles. The number of morpholine rings is 1. The van der Waals surface area contributed by atoms with Crippen molar-refractivity contribution in [2.45, 2.75) is 19.1 Å². The summed E-state index contributed by atoms with van der Waals surface area (Å²) in [5, 5.41) is 8.46. The van der Waals surface area contributed by atoms with Crippen molar-refractivity contribution >= 4 is 12.1 Å². The Kier molecular flexibility index (Phi) is 5.81. The van der Waals surface area contributed by atoms with Crippen molar-refractivity contribution < 1.29 is 24.2 Å². The molecule has 1 aromatic carbocycles. The molecule has 6 heteroatoms. The average Bonchev–Trinajstić information content (AvgIpc) is 2.53. The van der Waals surface area contributed by atoms with Gasteiger partial charge in [0, 0.05) is 18.9 Å². The van der Waals surface area contributed by atoms with Gasteiger partial charge in [0.15, 0.2) is 0 Å². The summed E-state index contributed by atoms with van der Waals surface area (Å²) in [5.74, 6) is 3.38. The van der Waals surface area contributed by atoms with Crippen molar-refractivity contribution in [3.8, 4) is 11.8 Å². The minimum absolute atomic E-state index is 0.223. The zero-order chi connectivity index (χ0) is 15.8. The second-order valence-corrected chi connectivity index (χ2v) is 4.79. The second-order valence-electron chi connectivity index (χ2n) is 4.79. The number of aliphatic carboxylic acids is 1. The Morgan fingerprint density at radius 1 is 1.36 bits per heavy atom. The van der Waals surface area contributed by atoms with E-state index in [1.165, 1.54) is 0 Å². The molecule has 1 amide bonds. The van der Waals surface area contributed by atoms with E-state index in [-0.39, 0.29) is 19.1 Å². The predicted octanol–water partition coefficient (Wildman–Crippen LogP) is 1.50. The summed E-state index contributed by atoms with van der Waals surface area (Å²) in [7, 11) is 0. The van der Waals surface area contributed by atoms with Crippen LogP contribution in [-0.4, -0.2) is 47.9 Å². The predicted molar refractivity (Wildman–Crippen MR) is 78.0 cm³/mol. The van der Waals surface area contributed by atoms with Crippen LogP contribution in [0.15, 0.2) is 30.3 Å². The largest absolute Gasteiger partial charge is 0.472 e. The van der Waals surface area contributed by atoms with E-state index in [4.69, 9.17) is 14.6 Å². The van der Waals surface area contributed by atoms with Gasteiger partial charge in [0.05, 0.1) is 19.3 Å². The highest BCUT2D eigenvalue weighted by Crippen LogP contribution is 2.10. The van der Waals surface area contributed by atoms with Gasteiger partial charge in [0.25, 0.3) is 0 Å². The van der Waals surface area contributed by atoms with Crippen LogP contribution in [0.5, 0.6) is 0 Å². The molecule has 2 rings (SSSR count). The number of carboxylic acids is 1. The Morgan fingerprint density at radius 2 is 2.14 bits per heavy atom. The Labute approximate surface area is 128 Å². The molecule has 0 bridgehead atoms. The quantitative estimate of drug-likeness (QED) is 0.856. The molecular formula is C16H17NO5. The van der Waals surface area contributed by atoms with Gasteiger partial charge in [0.1, 0.15) is 6.61 Å². The van der Waals surface area contributed by atoms with Gasteiger partial charge in [-0.25, -0.2) is 9.59 Å². The first kappa shape index (κ1) is 15.9. The number of benzene rings is 1. The van der Waals surface area contributed by atoms with Crippen molar-refractivity contribution in [2.24, 2.45) is 0 Å². The van der Waals surface area contributed by atoms with E-state index in [2.05, 4.69) is 5.92 Å². The van der Waals surface area contributed by atoms with Crippen LogP contribution in [0.1, 0.15) is 12.0 Å². The third-order valence-electron chi connectivity index (χ3n) is 3.13. The van der Waals surface area contributed by atoms with E-state index < -0.39 is 12.1 Å². The Morgan fingerprint density at radius 3 is 2.86 bits per heavy atom. The zero-order valence-electron chi connectivity index (χ0n) is 12.0. The van der Waals surface area contributed by atoms with Crippen LogP contribution in [-0.2, 0) is 20.9 Å². The summed E-state index contributed by atoms with van der Waals surface area (Å²) in [6.07, 6.45) is -0.414. The molecule has 0 radical (unpaired) electrons. The molecule has 1 N–H and O–H groups in total. The van der Waals surface area contributed by atoms with Gasteiger partial charge in [-0.2, -0.15) is 0 Å². The number of hydrogen-bond donors (Lipinski definition) is 1. The summed E-state index contributed by atoms with van der Waals surface area (Å²) < 4.78 is 10.7. The molecule has 1 aliphatic heterocycles. The third-order valence-corrected chi connectivity index (χ3v) is 3.13. The molecule has 0 aromatic heterocycles. The normalized spacial score (nSPS) is 17.3. The summed E-state index contributed by atoms with van der Waals surface area (Å²) in [4.78, 5) is 23.9. The van der Waals surface area contributed by atoms with Gasteiger partial charge in [-0.05, 0) is 5.56 Å². The number of carboxylic acid groups (broad SMARTS) is 1. The van der Waals surface area contributed by atoms with Gasteiger partial charge in [0.2, 0.25) is 0 Å². The first-order chi connectivity index (χ1) is 10.6. The fourth-order valence-electron chi connectivity index (χ4n) is 2.06. The third kappa shape index (κ3) is 5.11. The van der Waals surface area contributed by atoms with Crippen LogP contribution < -0.4 is 0 Å². The highest BCUT2D eigenvalue weighted by atomic mass is 16.6. The maximum absolute atomic E-state index is 12.0. The van der Waals surface area contributed by atoms with Crippen LogP contribution in [0.4, 0.5) is 4.79 Å². The molecule has 0 spiro atoms. The Balaban J connectivity index is 1.80. The Hall–Kier alpha value is -2.52. The second kappa shape index (κ2) is 8.05. The molecule has 1 heterocycles. The molecule has 1 aliphatic rings. The lowest BCUT2D eigenvalue weighted by Gasteiger charge is -2.31. The van der Waals surface area contributed by atoms with Gasteiger partial charge >= 0.3 is 12.1 Å². The topological polar surface area (TPSA) is 76.1 Å². The number of amides is 1.